The molecule has 1 amide bonds. The van der Waals surface area contributed by atoms with E-state index in [0.717, 1.165) is 48.8 Å². The van der Waals surface area contributed by atoms with Crippen molar-refractivity contribution in [3.8, 4) is 0 Å². The standard InChI is InChI=1S/C21H26BrF2NOS/c22-16-1-3-17(4-2-16)27-15-19-5-8-20(9-6-19,10-7-19)18(26)25-13-11-21(23,24)12-14-25/h1-4H,5-15H2. The number of amides is 1. The van der Waals surface area contributed by atoms with Crippen LogP contribution in [0, 0.1) is 10.8 Å². The van der Waals surface area contributed by atoms with E-state index in [-0.39, 0.29) is 37.3 Å². The zero-order valence-electron chi connectivity index (χ0n) is 15.5. The second-order valence-corrected chi connectivity index (χ2v) is 10.6. The molecule has 1 aliphatic heterocycles. The zero-order valence-corrected chi connectivity index (χ0v) is 17.9. The van der Waals surface area contributed by atoms with Crippen molar-refractivity contribution >= 4 is 33.6 Å². The first-order valence-corrected chi connectivity index (χ1v) is 11.7. The predicted octanol–water partition coefficient (Wildman–Crippen LogP) is 6.14. The third-order valence-corrected chi connectivity index (χ3v) is 8.89. The van der Waals surface area contributed by atoms with Gasteiger partial charge in [0.25, 0.3) is 5.92 Å². The Bertz CT molecular complexity index is 674. The number of hydrogen-bond acceptors (Lipinski definition) is 2. The molecule has 3 aliphatic carbocycles. The number of nitrogens with zero attached hydrogens (tertiary/aromatic N) is 1. The highest BCUT2D eigenvalue weighted by Crippen LogP contribution is 2.59. The molecule has 0 aromatic heterocycles. The molecule has 6 heteroatoms. The van der Waals surface area contributed by atoms with Gasteiger partial charge in [-0.05, 0) is 68.2 Å². The lowest BCUT2D eigenvalue weighted by Gasteiger charge is -2.54. The van der Waals surface area contributed by atoms with E-state index < -0.39 is 5.92 Å². The van der Waals surface area contributed by atoms with Crippen LogP contribution >= 0.6 is 27.7 Å². The Hall–Kier alpha value is -0.620. The van der Waals surface area contributed by atoms with Crippen LogP contribution in [0.2, 0.25) is 0 Å². The van der Waals surface area contributed by atoms with Gasteiger partial charge in [-0.15, -0.1) is 11.8 Å². The summed E-state index contributed by atoms with van der Waals surface area (Å²) in [5.74, 6) is -1.33. The Balaban J connectivity index is 1.35. The van der Waals surface area contributed by atoms with Crippen LogP contribution in [-0.2, 0) is 4.79 Å². The molecule has 4 aliphatic rings. The van der Waals surface area contributed by atoms with Gasteiger partial charge in [-0.1, -0.05) is 15.9 Å². The monoisotopic (exact) mass is 457 g/mol. The smallest absolute Gasteiger partial charge is 0.251 e. The Kier molecular flexibility index (Phi) is 5.34. The first-order chi connectivity index (χ1) is 12.8. The summed E-state index contributed by atoms with van der Waals surface area (Å²) in [6.45, 7) is 0.441. The maximum atomic E-state index is 13.4. The Labute approximate surface area is 172 Å². The number of rotatable bonds is 4. The molecule has 27 heavy (non-hydrogen) atoms. The van der Waals surface area contributed by atoms with Crippen molar-refractivity contribution in [1.29, 1.82) is 0 Å². The summed E-state index contributed by atoms with van der Waals surface area (Å²) in [6, 6.07) is 8.45. The van der Waals surface area contributed by atoms with Crippen LogP contribution in [0.1, 0.15) is 51.4 Å². The Morgan fingerprint density at radius 2 is 1.52 bits per heavy atom. The maximum Gasteiger partial charge on any atom is 0.251 e. The molecule has 5 rings (SSSR count). The second-order valence-electron chi connectivity index (χ2n) is 8.67. The van der Waals surface area contributed by atoms with E-state index >= 15 is 0 Å². The molecule has 148 valence electrons. The number of hydrogen-bond donors (Lipinski definition) is 0. The number of carbonyl (C=O) groups is 1. The molecular weight excluding hydrogens is 432 g/mol. The minimum Gasteiger partial charge on any atom is -0.342 e. The van der Waals surface area contributed by atoms with Crippen LogP contribution in [-0.4, -0.2) is 35.6 Å². The van der Waals surface area contributed by atoms with Crippen molar-refractivity contribution in [2.24, 2.45) is 10.8 Å². The van der Waals surface area contributed by atoms with E-state index in [9.17, 15) is 13.6 Å². The third-order valence-electron chi connectivity index (χ3n) is 7.00. The van der Waals surface area contributed by atoms with Crippen molar-refractivity contribution in [2.45, 2.75) is 62.2 Å². The lowest BCUT2D eigenvalue weighted by molar-refractivity contribution is -0.156. The fourth-order valence-corrected chi connectivity index (χ4v) is 6.44. The lowest BCUT2D eigenvalue weighted by Crippen LogP contribution is -2.54. The van der Waals surface area contributed by atoms with Gasteiger partial charge in [-0.2, -0.15) is 0 Å². The second kappa shape index (κ2) is 7.33. The van der Waals surface area contributed by atoms with Gasteiger partial charge in [0.05, 0.1) is 0 Å². The first-order valence-electron chi connectivity index (χ1n) is 9.87. The molecule has 0 atom stereocenters. The first kappa shape index (κ1) is 19.7. The fraction of sp³-hybridized carbons (Fsp3) is 0.667. The van der Waals surface area contributed by atoms with Gasteiger partial charge in [0.2, 0.25) is 5.91 Å². The molecular formula is C21H26BrF2NOS. The topological polar surface area (TPSA) is 20.3 Å². The number of thioether (sulfide) groups is 1. The maximum absolute atomic E-state index is 13.4. The van der Waals surface area contributed by atoms with Gasteiger partial charge < -0.3 is 4.90 Å². The molecule has 0 radical (unpaired) electrons. The number of benzene rings is 1. The highest BCUT2D eigenvalue weighted by Gasteiger charge is 2.53. The van der Waals surface area contributed by atoms with E-state index in [4.69, 9.17) is 0 Å². The van der Waals surface area contributed by atoms with E-state index in [1.807, 2.05) is 11.8 Å². The normalized spacial score (nSPS) is 32.5. The average molecular weight is 458 g/mol. The average Bonchev–Trinajstić information content (AvgIpc) is 2.69. The SMILES string of the molecule is O=C(N1CCC(F)(F)CC1)C12CCC(CSc3ccc(Br)cc3)(CC1)CC2. The van der Waals surface area contributed by atoms with Crippen LogP contribution in [0.4, 0.5) is 8.78 Å². The van der Waals surface area contributed by atoms with Crippen LogP contribution in [0.15, 0.2) is 33.6 Å². The number of alkyl halides is 2. The number of likely N-dealkylation sites (tertiary alicyclic amines) is 1. The van der Waals surface area contributed by atoms with Crippen LogP contribution in [0.5, 0.6) is 0 Å². The number of fused-ring (bicyclic) bond motifs is 3. The fourth-order valence-electron chi connectivity index (χ4n) is 4.94. The van der Waals surface area contributed by atoms with Gasteiger partial charge in [0.15, 0.2) is 0 Å². The minimum atomic E-state index is -2.59. The van der Waals surface area contributed by atoms with Gasteiger partial charge in [0.1, 0.15) is 0 Å². The third kappa shape index (κ3) is 4.07. The number of halogens is 3. The van der Waals surface area contributed by atoms with Crippen molar-refractivity contribution in [2.75, 3.05) is 18.8 Å². The molecule has 2 nitrogen and oxygen atoms in total. The molecule has 3 saturated carbocycles. The predicted molar refractivity (Wildman–Crippen MR) is 108 cm³/mol. The van der Waals surface area contributed by atoms with Crippen LogP contribution < -0.4 is 0 Å². The zero-order chi connectivity index (χ0) is 19.1. The largest absolute Gasteiger partial charge is 0.342 e. The quantitative estimate of drug-likeness (QED) is 0.506. The summed E-state index contributed by atoms with van der Waals surface area (Å²) in [5.41, 5.74) is 0.0748. The Morgan fingerprint density at radius 3 is 2.07 bits per heavy atom. The van der Waals surface area contributed by atoms with Crippen molar-refractivity contribution < 1.29 is 13.6 Å². The summed E-state index contributed by atoms with van der Waals surface area (Å²) in [7, 11) is 0. The van der Waals surface area contributed by atoms with Crippen molar-refractivity contribution in [1.82, 2.24) is 4.90 Å². The summed E-state index contributed by atoms with van der Waals surface area (Å²) in [5, 5.41) is 0. The van der Waals surface area contributed by atoms with E-state index in [2.05, 4.69) is 40.2 Å². The molecule has 4 fully saturated rings. The van der Waals surface area contributed by atoms with Crippen molar-refractivity contribution in [3.05, 3.63) is 28.7 Å². The lowest BCUT2D eigenvalue weighted by atomic mass is 9.54. The van der Waals surface area contributed by atoms with Gasteiger partial charge in [-0.3, -0.25) is 4.79 Å². The van der Waals surface area contributed by atoms with Gasteiger partial charge >= 0.3 is 0 Å². The molecule has 2 bridgehead atoms. The molecule has 1 heterocycles. The highest BCUT2D eigenvalue weighted by atomic mass is 79.9. The van der Waals surface area contributed by atoms with Gasteiger partial charge in [0, 0.05) is 46.5 Å². The van der Waals surface area contributed by atoms with Gasteiger partial charge in [-0.25, -0.2) is 8.78 Å². The molecule has 1 aromatic rings. The van der Waals surface area contributed by atoms with Crippen LogP contribution in [0.3, 0.4) is 0 Å². The summed E-state index contributed by atoms with van der Waals surface area (Å²) in [4.78, 5) is 16.1. The number of carbonyl (C=O) groups excluding carboxylic acids is 1. The molecule has 1 saturated heterocycles. The van der Waals surface area contributed by atoms with Crippen LogP contribution in [0.25, 0.3) is 0 Å². The van der Waals surface area contributed by atoms with E-state index in [1.165, 1.54) is 4.90 Å². The highest BCUT2D eigenvalue weighted by molar-refractivity contribution is 9.10. The number of piperidine rings is 1. The molecule has 0 spiro atoms. The molecule has 0 unspecified atom stereocenters. The Morgan fingerprint density at radius 1 is 0.963 bits per heavy atom. The minimum absolute atomic E-state index is 0.159. The summed E-state index contributed by atoms with van der Waals surface area (Å²) in [6.07, 6.45) is 5.70. The van der Waals surface area contributed by atoms with E-state index in [0.29, 0.717) is 5.41 Å². The molecule has 1 aromatic carbocycles. The summed E-state index contributed by atoms with van der Waals surface area (Å²) < 4.78 is 27.9. The molecule has 0 N–H and O–H groups in total. The van der Waals surface area contributed by atoms with E-state index in [1.54, 1.807) is 4.90 Å². The summed E-state index contributed by atoms with van der Waals surface area (Å²) >= 11 is 5.39. The van der Waals surface area contributed by atoms with Crippen molar-refractivity contribution in [3.63, 3.8) is 0 Å².